The van der Waals surface area contributed by atoms with Gasteiger partial charge in [-0.2, -0.15) is 0 Å². The number of amides is 2. The van der Waals surface area contributed by atoms with Gasteiger partial charge in [-0.25, -0.2) is 0 Å². The predicted molar refractivity (Wildman–Crippen MR) is 69.7 cm³/mol. The second kappa shape index (κ2) is 5.39. The fourth-order valence-corrected chi connectivity index (χ4v) is 3.22. The number of imide groups is 1. The molecule has 2 N–H and O–H groups in total. The summed E-state index contributed by atoms with van der Waals surface area (Å²) in [6.45, 7) is 2.41. The van der Waals surface area contributed by atoms with E-state index in [-0.39, 0.29) is 23.3 Å². The number of carbonyl (C=O) groups is 2. The first kappa shape index (κ1) is 13.5. The van der Waals surface area contributed by atoms with Crippen molar-refractivity contribution in [2.45, 2.75) is 64.3 Å². The number of rotatable bonds is 3. The van der Waals surface area contributed by atoms with E-state index in [0.29, 0.717) is 19.4 Å². The molecule has 2 rings (SSSR count). The number of likely N-dealkylation sites (tertiary alicyclic amines) is 1. The van der Waals surface area contributed by atoms with Crippen LogP contribution in [-0.4, -0.2) is 29.3 Å². The fourth-order valence-electron chi connectivity index (χ4n) is 3.22. The zero-order chi connectivity index (χ0) is 13.2. The molecule has 1 saturated heterocycles. The highest BCUT2D eigenvalue weighted by atomic mass is 16.2. The van der Waals surface area contributed by atoms with Crippen LogP contribution >= 0.6 is 0 Å². The lowest BCUT2D eigenvalue weighted by molar-refractivity contribution is -0.141. The van der Waals surface area contributed by atoms with Crippen LogP contribution < -0.4 is 5.73 Å². The minimum atomic E-state index is -0.356. The quantitative estimate of drug-likeness (QED) is 0.779. The lowest BCUT2D eigenvalue weighted by Crippen LogP contribution is -2.37. The number of hydrogen-bond acceptors (Lipinski definition) is 3. The van der Waals surface area contributed by atoms with E-state index in [1.807, 2.05) is 6.92 Å². The zero-order valence-corrected chi connectivity index (χ0v) is 11.3. The van der Waals surface area contributed by atoms with Crippen molar-refractivity contribution in [1.82, 2.24) is 4.90 Å². The maximum atomic E-state index is 12.5. The van der Waals surface area contributed by atoms with Gasteiger partial charge in [-0.3, -0.25) is 14.5 Å². The highest BCUT2D eigenvalue weighted by Crippen LogP contribution is 2.44. The Labute approximate surface area is 109 Å². The average molecular weight is 252 g/mol. The summed E-state index contributed by atoms with van der Waals surface area (Å²) in [5, 5.41) is 0. The lowest BCUT2D eigenvalue weighted by Gasteiger charge is -2.25. The van der Waals surface area contributed by atoms with E-state index in [9.17, 15) is 9.59 Å². The molecule has 4 heteroatoms. The molecule has 1 aliphatic carbocycles. The molecule has 1 heterocycles. The number of nitrogens with two attached hydrogens (primary N) is 1. The van der Waals surface area contributed by atoms with Crippen LogP contribution in [0.2, 0.25) is 0 Å². The summed E-state index contributed by atoms with van der Waals surface area (Å²) in [5.41, 5.74) is 5.35. The van der Waals surface area contributed by atoms with Crippen molar-refractivity contribution in [1.29, 1.82) is 0 Å². The summed E-state index contributed by atoms with van der Waals surface area (Å²) < 4.78 is 0. The molecule has 1 saturated carbocycles. The molecule has 2 fully saturated rings. The van der Waals surface area contributed by atoms with Gasteiger partial charge in [-0.05, 0) is 26.2 Å². The first-order chi connectivity index (χ1) is 8.55. The number of hydrogen-bond donors (Lipinski definition) is 1. The van der Waals surface area contributed by atoms with Crippen LogP contribution in [0, 0.1) is 5.41 Å². The summed E-state index contributed by atoms with van der Waals surface area (Å²) in [6.07, 6.45) is 7.49. The molecular formula is C14H24N2O2. The van der Waals surface area contributed by atoms with Crippen LogP contribution in [0.3, 0.4) is 0 Å². The second-order valence-corrected chi connectivity index (χ2v) is 5.99. The summed E-state index contributed by atoms with van der Waals surface area (Å²) in [6, 6.07) is 0.0382. The lowest BCUT2D eigenvalue weighted by atomic mass is 9.79. The van der Waals surface area contributed by atoms with Crippen molar-refractivity contribution in [2.75, 3.05) is 6.54 Å². The van der Waals surface area contributed by atoms with Crippen molar-refractivity contribution in [3.8, 4) is 0 Å². The van der Waals surface area contributed by atoms with Crippen LogP contribution in [0.1, 0.15) is 58.3 Å². The van der Waals surface area contributed by atoms with Gasteiger partial charge < -0.3 is 5.73 Å². The van der Waals surface area contributed by atoms with Gasteiger partial charge in [-0.1, -0.05) is 25.7 Å². The molecule has 18 heavy (non-hydrogen) atoms. The van der Waals surface area contributed by atoms with E-state index in [4.69, 9.17) is 5.73 Å². The largest absolute Gasteiger partial charge is 0.328 e. The molecule has 4 nitrogen and oxygen atoms in total. The van der Waals surface area contributed by atoms with E-state index >= 15 is 0 Å². The van der Waals surface area contributed by atoms with Crippen molar-refractivity contribution in [3.63, 3.8) is 0 Å². The predicted octanol–water partition coefficient (Wildman–Crippen LogP) is 1.82. The molecule has 1 spiro atoms. The molecule has 102 valence electrons. The SMILES string of the molecule is CC(N)CCN1C(=O)CC2(CCCCCC2)C1=O. The normalized spacial score (nSPS) is 25.6. The maximum absolute atomic E-state index is 12.5. The van der Waals surface area contributed by atoms with E-state index in [2.05, 4.69) is 0 Å². The van der Waals surface area contributed by atoms with Crippen LogP contribution in [0.15, 0.2) is 0 Å². The summed E-state index contributed by atoms with van der Waals surface area (Å²) >= 11 is 0. The third-order valence-electron chi connectivity index (χ3n) is 4.36. The van der Waals surface area contributed by atoms with Gasteiger partial charge in [0.25, 0.3) is 0 Å². The van der Waals surface area contributed by atoms with Gasteiger partial charge in [0.2, 0.25) is 11.8 Å². The molecule has 0 aromatic carbocycles. The summed E-state index contributed by atoms with van der Waals surface area (Å²) in [4.78, 5) is 26.0. The van der Waals surface area contributed by atoms with Crippen molar-refractivity contribution < 1.29 is 9.59 Å². The molecule has 0 radical (unpaired) electrons. The van der Waals surface area contributed by atoms with Crippen LogP contribution in [0.4, 0.5) is 0 Å². The monoisotopic (exact) mass is 252 g/mol. The van der Waals surface area contributed by atoms with Gasteiger partial charge in [0, 0.05) is 19.0 Å². The van der Waals surface area contributed by atoms with Crippen LogP contribution in [0.5, 0.6) is 0 Å². The van der Waals surface area contributed by atoms with Crippen LogP contribution in [-0.2, 0) is 9.59 Å². The second-order valence-electron chi connectivity index (χ2n) is 5.99. The molecule has 1 aliphatic heterocycles. The zero-order valence-electron chi connectivity index (χ0n) is 11.3. The molecule has 0 bridgehead atoms. The van der Waals surface area contributed by atoms with E-state index in [1.165, 1.54) is 17.7 Å². The Morgan fingerprint density at radius 1 is 1.22 bits per heavy atom. The minimum absolute atomic E-state index is 0.0163. The van der Waals surface area contributed by atoms with Gasteiger partial charge in [-0.15, -0.1) is 0 Å². The molecule has 0 aromatic rings. The molecule has 2 amide bonds. The first-order valence-electron chi connectivity index (χ1n) is 7.15. The first-order valence-corrected chi connectivity index (χ1v) is 7.15. The number of nitrogens with zero attached hydrogens (tertiary/aromatic N) is 1. The smallest absolute Gasteiger partial charge is 0.235 e. The Balaban J connectivity index is 2.07. The third kappa shape index (κ3) is 2.58. The van der Waals surface area contributed by atoms with E-state index < -0.39 is 0 Å². The Bertz CT molecular complexity index is 331. The molecule has 0 aromatic heterocycles. The Morgan fingerprint density at radius 2 is 1.83 bits per heavy atom. The Morgan fingerprint density at radius 3 is 2.39 bits per heavy atom. The van der Waals surface area contributed by atoms with Gasteiger partial charge >= 0.3 is 0 Å². The average Bonchev–Trinajstić information content (AvgIpc) is 2.49. The molecule has 1 atom stereocenters. The van der Waals surface area contributed by atoms with Crippen molar-refractivity contribution in [3.05, 3.63) is 0 Å². The highest BCUT2D eigenvalue weighted by molar-refractivity contribution is 6.05. The van der Waals surface area contributed by atoms with Gasteiger partial charge in [0.05, 0.1) is 5.41 Å². The van der Waals surface area contributed by atoms with Crippen molar-refractivity contribution in [2.24, 2.45) is 11.1 Å². The summed E-state index contributed by atoms with van der Waals surface area (Å²) in [7, 11) is 0. The fraction of sp³-hybridized carbons (Fsp3) is 0.857. The molecule has 1 unspecified atom stereocenters. The minimum Gasteiger partial charge on any atom is -0.328 e. The topological polar surface area (TPSA) is 63.4 Å². The Kier molecular flexibility index (Phi) is 4.05. The van der Waals surface area contributed by atoms with Gasteiger partial charge in [0.1, 0.15) is 0 Å². The third-order valence-corrected chi connectivity index (χ3v) is 4.36. The Hall–Kier alpha value is -0.900. The van der Waals surface area contributed by atoms with Gasteiger partial charge in [0.15, 0.2) is 0 Å². The highest BCUT2D eigenvalue weighted by Gasteiger charge is 2.50. The van der Waals surface area contributed by atoms with E-state index in [0.717, 1.165) is 25.7 Å². The number of carbonyl (C=O) groups excluding carboxylic acids is 2. The molecule has 2 aliphatic rings. The summed E-state index contributed by atoms with van der Waals surface area (Å²) in [5.74, 6) is 0.0950. The molecular weight excluding hydrogens is 228 g/mol. The maximum Gasteiger partial charge on any atom is 0.235 e. The standard InChI is InChI=1S/C14H24N2O2/c1-11(15)6-9-16-12(17)10-14(13(16)18)7-4-2-3-5-8-14/h11H,2-10,15H2,1H3. The van der Waals surface area contributed by atoms with E-state index in [1.54, 1.807) is 0 Å². The van der Waals surface area contributed by atoms with Crippen molar-refractivity contribution >= 4 is 11.8 Å². The van der Waals surface area contributed by atoms with Crippen LogP contribution in [0.25, 0.3) is 0 Å².